The zero-order chi connectivity index (χ0) is 16.3. The monoisotopic (exact) mass is 328 g/mol. The van der Waals surface area contributed by atoms with Crippen molar-refractivity contribution in [1.82, 2.24) is 9.62 Å². The second kappa shape index (κ2) is 6.75. The topological polar surface area (TPSA) is 66.5 Å². The highest BCUT2D eigenvalue weighted by Gasteiger charge is 2.28. The Hall–Kier alpha value is -1.47. The number of carbonyl (C=O) groups excluding carboxylic acids is 1. The number of hydrogen-bond donors (Lipinski definition) is 1. The lowest BCUT2D eigenvalue weighted by Gasteiger charge is -2.32. The molecule has 2 rings (SSSR count). The van der Waals surface area contributed by atoms with E-state index in [9.17, 15) is 17.6 Å². The minimum atomic E-state index is -3.24. The molecule has 1 aliphatic rings. The lowest BCUT2D eigenvalue weighted by Crippen LogP contribution is -2.49. The maximum absolute atomic E-state index is 13.5. The summed E-state index contributed by atoms with van der Waals surface area (Å²) in [7, 11) is -3.24. The lowest BCUT2D eigenvalue weighted by atomic mass is 10.1. The number of amides is 1. The van der Waals surface area contributed by atoms with Crippen LogP contribution in [0.15, 0.2) is 18.2 Å². The van der Waals surface area contributed by atoms with Crippen LogP contribution < -0.4 is 5.32 Å². The second-order valence-electron chi connectivity index (χ2n) is 5.54. The SMILES string of the molecule is CCS(=O)(=O)N1CCCC(NC(=O)c2ccc(C)c(F)c2)C1. The Morgan fingerprint density at radius 2 is 2.18 bits per heavy atom. The first-order chi connectivity index (χ1) is 10.3. The van der Waals surface area contributed by atoms with Crippen molar-refractivity contribution >= 4 is 15.9 Å². The molecule has 1 heterocycles. The summed E-state index contributed by atoms with van der Waals surface area (Å²) in [5.41, 5.74) is 0.730. The van der Waals surface area contributed by atoms with Crippen LogP contribution in [0.3, 0.4) is 0 Å². The fourth-order valence-corrected chi connectivity index (χ4v) is 3.68. The van der Waals surface area contributed by atoms with Crippen molar-refractivity contribution < 1.29 is 17.6 Å². The Bertz CT molecular complexity index is 661. The molecule has 0 aromatic heterocycles. The van der Waals surface area contributed by atoms with Gasteiger partial charge in [-0.25, -0.2) is 12.8 Å². The maximum atomic E-state index is 13.5. The molecule has 1 aliphatic heterocycles. The number of benzene rings is 1. The van der Waals surface area contributed by atoms with Crippen LogP contribution in [0.25, 0.3) is 0 Å². The molecule has 1 aromatic rings. The maximum Gasteiger partial charge on any atom is 0.251 e. The smallest absolute Gasteiger partial charge is 0.251 e. The van der Waals surface area contributed by atoms with Gasteiger partial charge in [0.15, 0.2) is 0 Å². The highest BCUT2D eigenvalue weighted by molar-refractivity contribution is 7.89. The predicted octanol–water partition coefficient (Wildman–Crippen LogP) is 1.68. The van der Waals surface area contributed by atoms with E-state index in [1.54, 1.807) is 26.0 Å². The van der Waals surface area contributed by atoms with Gasteiger partial charge in [-0.15, -0.1) is 0 Å². The molecule has 1 amide bonds. The van der Waals surface area contributed by atoms with E-state index in [0.29, 0.717) is 18.5 Å². The van der Waals surface area contributed by atoms with Crippen molar-refractivity contribution in [3.05, 3.63) is 35.1 Å². The Labute approximate surface area is 130 Å². The molecule has 0 spiro atoms. The van der Waals surface area contributed by atoms with Gasteiger partial charge in [-0.1, -0.05) is 6.07 Å². The molecule has 22 heavy (non-hydrogen) atoms. The van der Waals surface area contributed by atoms with Gasteiger partial charge in [-0.3, -0.25) is 4.79 Å². The molecule has 0 aliphatic carbocycles. The van der Waals surface area contributed by atoms with E-state index in [-0.39, 0.29) is 29.8 Å². The van der Waals surface area contributed by atoms with Crippen LogP contribution in [-0.2, 0) is 10.0 Å². The summed E-state index contributed by atoms with van der Waals surface area (Å²) in [6, 6.07) is 4.08. The van der Waals surface area contributed by atoms with Crippen molar-refractivity contribution in [3.63, 3.8) is 0 Å². The van der Waals surface area contributed by atoms with Crippen molar-refractivity contribution in [2.75, 3.05) is 18.8 Å². The Balaban J connectivity index is 2.03. The van der Waals surface area contributed by atoms with Crippen molar-refractivity contribution in [1.29, 1.82) is 0 Å². The van der Waals surface area contributed by atoms with Crippen LogP contribution in [0.1, 0.15) is 35.7 Å². The van der Waals surface area contributed by atoms with Gasteiger partial charge in [0.05, 0.1) is 5.75 Å². The molecule has 122 valence electrons. The molecule has 0 saturated carbocycles. The molecule has 0 radical (unpaired) electrons. The molecule has 1 aromatic carbocycles. The van der Waals surface area contributed by atoms with Crippen molar-refractivity contribution in [2.24, 2.45) is 0 Å². The Morgan fingerprint density at radius 3 is 2.82 bits per heavy atom. The number of carbonyl (C=O) groups is 1. The van der Waals surface area contributed by atoms with E-state index in [1.165, 1.54) is 10.4 Å². The van der Waals surface area contributed by atoms with E-state index >= 15 is 0 Å². The molecule has 1 N–H and O–H groups in total. The Kier molecular flexibility index (Phi) is 5.18. The number of aryl methyl sites for hydroxylation is 1. The third-order valence-corrected chi connectivity index (χ3v) is 5.76. The average molecular weight is 328 g/mol. The Morgan fingerprint density at radius 1 is 1.45 bits per heavy atom. The van der Waals surface area contributed by atoms with Gasteiger partial charge < -0.3 is 5.32 Å². The standard InChI is InChI=1S/C15H21FN2O3S/c1-3-22(20,21)18-8-4-5-13(10-18)17-15(19)12-7-6-11(2)14(16)9-12/h6-7,9,13H,3-5,8,10H2,1-2H3,(H,17,19). The second-order valence-corrected chi connectivity index (χ2v) is 7.79. The van der Waals surface area contributed by atoms with Gasteiger partial charge in [0, 0.05) is 24.7 Å². The van der Waals surface area contributed by atoms with Gasteiger partial charge in [0.25, 0.3) is 5.91 Å². The number of nitrogens with one attached hydrogen (secondary N) is 1. The first-order valence-electron chi connectivity index (χ1n) is 7.38. The summed E-state index contributed by atoms with van der Waals surface area (Å²) in [6.07, 6.45) is 1.42. The zero-order valence-electron chi connectivity index (χ0n) is 12.8. The van der Waals surface area contributed by atoms with Gasteiger partial charge in [-0.05, 0) is 44.4 Å². The molecular weight excluding hydrogens is 307 g/mol. The summed E-state index contributed by atoms with van der Waals surface area (Å²) in [6.45, 7) is 4.00. The van der Waals surface area contributed by atoms with E-state index in [4.69, 9.17) is 0 Å². The normalized spacial score (nSPS) is 19.9. The molecule has 7 heteroatoms. The lowest BCUT2D eigenvalue weighted by molar-refractivity contribution is 0.0921. The average Bonchev–Trinajstić information content (AvgIpc) is 2.50. The summed E-state index contributed by atoms with van der Waals surface area (Å²) in [5, 5.41) is 2.80. The summed E-state index contributed by atoms with van der Waals surface area (Å²) >= 11 is 0. The molecule has 1 unspecified atom stereocenters. The quantitative estimate of drug-likeness (QED) is 0.914. The number of piperidine rings is 1. The number of rotatable bonds is 4. The number of sulfonamides is 1. The van der Waals surface area contributed by atoms with E-state index in [2.05, 4.69) is 5.32 Å². The highest BCUT2D eigenvalue weighted by atomic mass is 32.2. The first kappa shape index (κ1) is 16.9. The third kappa shape index (κ3) is 3.84. The van der Waals surface area contributed by atoms with E-state index in [1.807, 2.05) is 0 Å². The number of hydrogen-bond acceptors (Lipinski definition) is 3. The minimum Gasteiger partial charge on any atom is -0.348 e. The summed E-state index contributed by atoms with van der Waals surface area (Å²) < 4.78 is 38.7. The van der Waals surface area contributed by atoms with Crippen LogP contribution in [0.5, 0.6) is 0 Å². The van der Waals surface area contributed by atoms with Crippen LogP contribution >= 0.6 is 0 Å². The van der Waals surface area contributed by atoms with Crippen LogP contribution in [-0.4, -0.2) is 43.5 Å². The summed E-state index contributed by atoms with van der Waals surface area (Å²) in [4.78, 5) is 12.2. The fraction of sp³-hybridized carbons (Fsp3) is 0.533. The molecular formula is C15H21FN2O3S. The fourth-order valence-electron chi connectivity index (χ4n) is 2.50. The molecule has 1 atom stereocenters. The van der Waals surface area contributed by atoms with Crippen LogP contribution in [0, 0.1) is 12.7 Å². The molecule has 1 saturated heterocycles. The van der Waals surface area contributed by atoms with Gasteiger partial charge in [0.2, 0.25) is 10.0 Å². The van der Waals surface area contributed by atoms with Gasteiger partial charge in [-0.2, -0.15) is 4.31 Å². The molecule has 5 nitrogen and oxygen atoms in total. The first-order valence-corrected chi connectivity index (χ1v) is 8.99. The van der Waals surface area contributed by atoms with Crippen molar-refractivity contribution in [3.8, 4) is 0 Å². The van der Waals surface area contributed by atoms with E-state index < -0.39 is 15.8 Å². The molecule has 1 fully saturated rings. The summed E-state index contributed by atoms with van der Waals surface area (Å²) in [5.74, 6) is -0.747. The molecule has 0 bridgehead atoms. The highest BCUT2D eigenvalue weighted by Crippen LogP contribution is 2.15. The zero-order valence-corrected chi connectivity index (χ0v) is 13.6. The minimum absolute atomic E-state index is 0.0524. The van der Waals surface area contributed by atoms with E-state index in [0.717, 1.165) is 6.42 Å². The number of halogens is 1. The van der Waals surface area contributed by atoms with Crippen LogP contribution in [0.4, 0.5) is 4.39 Å². The van der Waals surface area contributed by atoms with Gasteiger partial charge in [0.1, 0.15) is 5.82 Å². The van der Waals surface area contributed by atoms with Crippen LogP contribution in [0.2, 0.25) is 0 Å². The van der Waals surface area contributed by atoms with Crippen molar-refractivity contribution in [2.45, 2.75) is 32.7 Å². The predicted molar refractivity (Wildman–Crippen MR) is 82.7 cm³/mol. The van der Waals surface area contributed by atoms with Gasteiger partial charge >= 0.3 is 0 Å². The number of nitrogens with zero attached hydrogens (tertiary/aromatic N) is 1. The third-order valence-electron chi connectivity index (χ3n) is 3.91. The largest absolute Gasteiger partial charge is 0.348 e.